The summed E-state index contributed by atoms with van der Waals surface area (Å²) in [4.78, 5) is 2.42. The molecule has 0 saturated heterocycles. The molecule has 0 aliphatic heterocycles. The topological polar surface area (TPSA) is 16.4 Å². The summed E-state index contributed by atoms with van der Waals surface area (Å²) in [6, 6.07) is 54.2. The third kappa shape index (κ3) is 3.79. The molecular formula is C40H25NOS. The largest absolute Gasteiger partial charge is 0.454 e. The fourth-order valence-corrected chi connectivity index (χ4v) is 7.63. The van der Waals surface area contributed by atoms with E-state index in [1.165, 1.54) is 30.9 Å². The van der Waals surface area contributed by atoms with Crippen molar-refractivity contribution in [1.82, 2.24) is 0 Å². The second-order valence-electron chi connectivity index (χ2n) is 10.9. The molecule has 2 heterocycles. The zero-order valence-electron chi connectivity index (χ0n) is 23.2. The summed E-state index contributed by atoms with van der Waals surface area (Å²) in [5.74, 6) is 0. The molecule has 202 valence electrons. The molecule has 0 amide bonds. The van der Waals surface area contributed by atoms with Gasteiger partial charge in [0.05, 0.1) is 11.4 Å². The molecule has 0 fully saturated rings. The molecular weight excluding hydrogens is 543 g/mol. The lowest BCUT2D eigenvalue weighted by atomic mass is 9.98. The van der Waals surface area contributed by atoms with Crippen LogP contribution in [-0.2, 0) is 0 Å². The number of hydrogen-bond acceptors (Lipinski definition) is 3. The van der Waals surface area contributed by atoms with Crippen molar-refractivity contribution in [1.29, 1.82) is 0 Å². The maximum absolute atomic E-state index is 6.78. The Morgan fingerprint density at radius 2 is 1.19 bits per heavy atom. The van der Waals surface area contributed by atoms with Crippen LogP contribution in [0.1, 0.15) is 0 Å². The number of rotatable bonds is 4. The van der Waals surface area contributed by atoms with E-state index >= 15 is 0 Å². The molecule has 0 radical (unpaired) electrons. The van der Waals surface area contributed by atoms with Crippen molar-refractivity contribution < 1.29 is 4.42 Å². The maximum atomic E-state index is 6.78. The highest BCUT2D eigenvalue weighted by molar-refractivity contribution is 7.25. The third-order valence-electron chi connectivity index (χ3n) is 8.46. The third-order valence-corrected chi connectivity index (χ3v) is 9.59. The van der Waals surface area contributed by atoms with Crippen molar-refractivity contribution in [3.8, 4) is 11.1 Å². The molecule has 9 aromatic rings. The molecule has 3 heteroatoms. The van der Waals surface area contributed by atoms with Gasteiger partial charge in [0.15, 0.2) is 5.58 Å². The summed E-state index contributed by atoms with van der Waals surface area (Å²) in [6.07, 6.45) is 0. The Balaban J connectivity index is 1.43. The van der Waals surface area contributed by atoms with Crippen LogP contribution in [0.25, 0.3) is 64.0 Å². The predicted octanol–water partition coefficient (Wildman–Crippen LogP) is 12.2. The highest BCUT2D eigenvalue weighted by atomic mass is 32.1. The smallest absolute Gasteiger partial charge is 0.160 e. The average Bonchev–Trinajstić information content (AvgIpc) is 3.64. The Hall–Kier alpha value is -5.38. The molecule has 0 bridgehead atoms. The van der Waals surface area contributed by atoms with E-state index in [0.717, 1.165) is 50.1 Å². The standard InChI is InChI=1S/C40H25NOS/c1-2-11-27(12-3-1)30-23-24-34-31-16-6-8-19-36(31)42-40(34)39(30)41(35-18-10-14-26-13-4-5-15-29(26)35)28-21-22-33-32-17-7-9-20-37(32)43-38(33)25-28/h1-25H. The molecule has 43 heavy (non-hydrogen) atoms. The van der Waals surface area contributed by atoms with Gasteiger partial charge in [0.25, 0.3) is 0 Å². The van der Waals surface area contributed by atoms with E-state index < -0.39 is 0 Å². The van der Waals surface area contributed by atoms with Gasteiger partial charge in [0.1, 0.15) is 5.58 Å². The molecule has 9 rings (SSSR count). The first-order valence-corrected chi connectivity index (χ1v) is 15.3. The minimum absolute atomic E-state index is 0.881. The number of anilines is 3. The molecule has 7 aromatic carbocycles. The Morgan fingerprint density at radius 1 is 0.488 bits per heavy atom. The van der Waals surface area contributed by atoms with E-state index in [9.17, 15) is 0 Å². The van der Waals surface area contributed by atoms with Crippen LogP contribution in [-0.4, -0.2) is 0 Å². The number of nitrogens with zero attached hydrogens (tertiary/aromatic N) is 1. The molecule has 0 spiro atoms. The minimum atomic E-state index is 0.881. The van der Waals surface area contributed by atoms with Crippen LogP contribution in [0.5, 0.6) is 0 Å². The van der Waals surface area contributed by atoms with Gasteiger partial charge >= 0.3 is 0 Å². The molecule has 0 atom stereocenters. The summed E-state index contributed by atoms with van der Waals surface area (Å²) >= 11 is 1.85. The van der Waals surface area contributed by atoms with Gasteiger partial charge in [-0.15, -0.1) is 11.3 Å². The van der Waals surface area contributed by atoms with Gasteiger partial charge in [-0.05, 0) is 47.3 Å². The fourth-order valence-electron chi connectivity index (χ4n) is 6.49. The summed E-state index contributed by atoms with van der Waals surface area (Å²) in [7, 11) is 0. The van der Waals surface area contributed by atoms with Crippen LogP contribution >= 0.6 is 11.3 Å². The van der Waals surface area contributed by atoms with Gasteiger partial charge in [0, 0.05) is 47.6 Å². The fraction of sp³-hybridized carbons (Fsp3) is 0. The highest BCUT2D eigenvalue weighted by Gasteiger charge is 2.25. The van der Waals surface area contributed by atoms with Crippen LogP contribution < -0.4 is 4.90 Å². The molecule has 0 aliphatic carbocycles. The molecule has 2 nitrogen and oxygen atoms in total. The van der Waals surface area contributed by atoms with Crippen LogP contribution in [0.4, 0.5) is 17.1 Å². The molecule has 0 saturated carbocycles. The molecule has 0 N–H and O–H groups in total. The van der Waals surface area contributed by atoms with Crippen LogP contribution in [0.3, 0.4) is 0 Å². The zero-order chi connectivity index (χ0) is 28.3. The molecule has 0 unspecified atom stereocenters. The monoisotopic (exact) mass is 567 g/mol. The first-order valence-electron chi connectivity index (χ1n) is 14.5. The first-order chi connectivity index (χ1) is 21.3. The number of thiophene rings is 1. The minimum Gasteiger partial charge on any atom is -0.454 e. The maximum Gasteiger partial charge on any atom is 0.160 e. The SMILES string of the molecule is c1ccc(-c2ccc3c(oc4ccccc43)c2N(c2ccc3c(c2)sc2ccccc23)c2cccc3ccccc23)cc1. The molecule has 0 aliphatic rings. The zero-order valence-corrected chi connectivity index (χ0v) is 24.0. The van der Waals surface area contributed by atoms with Crippen molar-refractivity contribution in [2.45, 2.75) is 0 Å². The van der Waals surface area contributed by atoms with Gasteiger partial charge < -0.3 is 9.32 Å². The summed E-state index contributed by atoms with van der Waals surface area (Å²) < 4.78 is 9.35. The Bertz CT molecular complexity index is 2460. The van der Waals surface area contributed by atoms with E-state index in [-0.39, 0.29) is 0 Å². The number of hydrogen-bond donors (Lipinski definition) is 0. The van der Waals surface area contributed by atoms with E-state index in [1.54, 1.807) is 0 Å². The van der Waals surface area contributed by atoms with E-state index in [1.807, 2.05) is 17.4 Å². The summed E-state index contributed by atoms with van der Waals surface area (Å²) in [6.45, 7) is 0. The lowest BCUT2D eigenvalue weighted by Crippen LogP contribution is -2.12. The molecule has 2 aromatic heterocycles. The van der Waals surface area contributed by atoms with Crippen LogP contribution in [0.2, 0.25) is 0 Å². The van der Waals surface area contributed by atoms with E-state index in [0.29, 0.717) is 0 Å². The van der Waals surface area contributed by atoms with Gasteiger partial charge in [0.2, 0.25) is 0 Å². The lowest BCUT2D eigenvalue weighted by molar-refractivity contribution is 0.669. The normalized spacial score (nSPS) is 11.7. The predicted molar refractivity (Wildman–Crippen MR) is 184 cm³/mol. The van der Waals surface area contributed by atoms with Gasteiger partial charge in [-0.2, -0.15) is 0 Å². The van der Waals surface area contributed by atoms with Crippen molar-refractivity contribution in [3.05, 3.63) is 152 Å². The van der Waals surface area contributed by atoms with Crippen molar-refractivity contribution >= 4 is 81.3 Å². The Labute approximate surface area is 252 Å². The lowest BCUT2D eigenvalue weighted by Gasteiger charge is -2.29. The number of furan rings is 1. The van der Waals surface area contributed by atoms with Crippen molar-refractivity contribution in [2.75, 3.05) is 4.90 Å². The van der Waals surface area contributed by atoms with Crippen molar-refractivity contribution in [3.63, 3.8) is 0 Å². The Morgan fingerprint density at radius 3 is 2.09 bits per heavy atom. The van der Waals surface area contributed by atoms with E-state index in [4.69, 9.17) is 4.42 Å². The summed E-state index contributed by atoms with van der Waals surface area (Å²) in [5.41, 5.74) is 7.29. The summed E-state index contributed by atoms with van der Waals surface area (Å²) in [5, 5.41) is 7.21. The van der Waals surface area contributed by atoms with Gasteiger partial charge in [-0.1, -0.05) is 115 Å². The second kappa shape index (κ2) is 9.59. The van der Waals surface area contributed by atoms with Crippen LogP contribution in [0.15, 0.2) is 156 Å². The van der Waals surface area contributed by atoms with E-state index in [2.05, 4.69) is 150 Å². The number of benzene rings is 7. The highest BCUT2D eigenvalue weighted by Crippen LogP contribution is 2.49. The average molecular weight is 568 g/mol. The Kier molecular flexibility index (Phi) is 5.40. The van der Waals surface area contributed by atoms with Gasteiger partial charge in [-0.25, -0.2) is 0 Å². The van der Waals surface area contributed by atoms with Crippen molar-refractivity contribution in [2.24, 2.45) is 0 Å². The van der Waals surface area contributed by atoms with Gasteiger partial charge in [-0.3, -0.25) is 0 Å². The van der Waals surface area contributed by atoms with Crippen LogP contribution in [0, 0.1) is 0 Å². The second-order valence-corrected chi connectivity index (χ2v) is 12.0. The number of fused-ring (bicyclic) bond motifs is 7. The number of para-hydroxylation sites is 1. The first kappa shape index (κ1) is 24.2. The quantitative estimate of drug-likeness (QED) is 0.210.